The molecule has 0 aliphatic rings. The molecule has 0 saturated carbocycles. The number of nitrogens with zero attached hydrogens (tertiary/aromatic N) is 5. The summed E-state index contributed by atoms with van der Waals surface area (Å²) in [5.41, 5.74) is -0.568. The van der Waals surface area contributed by atoms with E-state index in [9.17, 15) is 17.6 Å². The number of fused-ring (bicyclic) bond motifs is 1. The zero-order chi connectivity index (χ0) is 18.9. The van der Waals surface area contributed by atoms with Crippen LogP contribution in [0.4, 0.5) is 35.0 Å². The van der Waals surface area contributed by atoms with Crippen LogP contribution in [0.1, 0.15) is 5.56 Å². The van der Waals surface area contributed by atoms with Crippen molar-refractivity contribution in [3.8, 4) is 6.07 Å². The number of rotatable bonds is 4. The lowest BCUT2D eigenvalue weighted by Gasteiger charge is -2.13. The number of halogens is 4. The average molecular weight is 365 g/mol. The fourth-order valence-electron chi connectivity index (χ4n) is 2.42. The van der Waals surface area contributed by atoms with Crippen molar-refractivity contribution in [2.24, 2.45) is 0 Å². The molecule has 0 saturated heterocycles. The average Bonchev–Trinajstić information content (AvgIpc) is 3.01. The smallest absolute Gasteiger partial charge is 0.372 e. The third-order valence-corrected chi connectivity index (χ3v) is 3.55. The predicted octanol–water partition coefficient (Wildman–Crippen LogP) is 3.29. The van der Waals surface area contributed by atoms with Crippen LogP contribution in [-0.2, 0) is 12.7 Å². The van der Waals surface area contributed by atoms with Crippen molar-refractivity contribution in [1.29, 1.82) is 5.26 Å². The Hall–Kier alpha value is -3.42. The van der Waals surface area contributed by atoms with Crippen LogP contribution >= 0.6 is 0 Å². The molecule has 3 rings (SSSR count). The second-order valence-electron chi connectivity index (χ2n) is 5.15. The molecule has 2 heterocycles. The summed E-state index contributed by atoms with van der Waals surface area (Å²) in [4.78, 5) is 7.46. The lowest BCUT2D eigenvalue weighted by Crippen LogP contribution is -2.12. The number of benzene rings is 1. The second-order valence-corrected chi connectivity index (χ2v) is 5.15. The summed E-state index contributed by atoms with van der Waals surface area (Å²) in [5, 5.41) is 18.2. The molecule has 0 aliphatic heterocycles. The Bertz CT molecular complexity index is 1000. The maximum atomic E-state index is 14.1. The van der Waals surface area contributed by atoms with E-state index >= 15 is 0 Å². The third-order valence-electron chi connectivity index (χ3n) is 3.55. The Labute approximate surface area is 144 Å². The highest BCUT2D eigenvalue weighted by molar-refractivity contribution is 5.93. The van der Waals surface area contributed by atoms with E-state index in [1.54, 1.807) is 0 Å². The molecule has 0 amide bonds. The fraction of sp³-hybridized carbons (Fsp3) is 0.200. The van der Waals surface area contributed by atoms with E-state index in [4.69, 9.17) is 5.26 Å². The van der Waals surface area contributed by atoms with Gasteiger partial charge in [0.2, 0.25) is 5.95 Å². The van der Waals surface area contributed by atoms with Gasteiger partial charge in [0.25, 0.3) is 0 Å². The van der Waals surface area contributed by atoms with Gasteiger partial charge < -0.3 is 10.6 Å². The van der Waals surface area contributed by atoms with Gasteiger partial charge >= 0.3 is 6.18 Å². The molecule has 0 spiro atoms. The molecule has 2 N–H and O–H groups in total. The number of nitriles is 1. The van der Waals surface area contributed by atoms with Gasteiger partial charge in [-0.2, -0.15) is 28.5 Å². The predicted molar refractivity (Wildman–Crippen MR) is 85.2 cm³/mol. The van der Waals surface area contributed by atoms with Gasteiger partial charge in [0, 0.05) is 18.6 Å². The molecule has 0 aliphatic carbocycles. The zero-order valence-corrected chi connectivity index (χ0v) is 13.3. The van der Waals surface area contributed by atoms with Gasteiger partial charge in [-0.3, -0.25) is 0 Å². The first kappa shape index (κ1) is 17.4. The zero-order valence-electron chi connectivity index (χ0n) is 13.3. The van der Waals surface area contributed by atoms with Gasteiger partial charge in [-0.05, 0) is 12.1 Å². The van der Waals surface area contributed by atoms with Crippen LogP contribution in [0.15, 0.2) is 24.5 Å². The van der Waals surface area contributed by atoms with Crippen LogP contribution in [0.2, 0.25) is 0 Å². The Kier molecular flexibility index (Phi) is 4.33. The molecule has 1 aromatic carbocycles. The molecule has 0 bridgehead atoms. The van der Waals surface area contributed by atoms with Gasteiger partial charge in [-0.25, -0.2) is 14.1 Å². The summed E-state index contributed by atoms with van der Waals surface area (Å²) in [7, 11) is 1.31. The molecule has 2 aromatic heterocycles. The minimum Gasteiger partial charge on any atom is -0.372 e. The molecule has 0 unspecified atom stereocenters. The summed E-state index contributed by atoms with van der Waals surface area (Å²) >= 11 is 0. The molecular formula is C15H11F4N7. The summed E-state index contributed by atoms with van der Waals surface area (Å²) in [6.07, 6.45) is -2.60. The first-order valence-corrected chi connectivity index (χ1v) is 7.25. The molecule has 0 radical (unpaired) electrons. The Balaban J connectivity index is 2.02. The molecule has 0 atom stereocenters. The minimum absolute atomic E-state index is 0.0947. The van der Waals surface area contributed by atoms with Crippen LogP contribution in [0.25, 0.3) is 10.9 Å². The van der Waals surface area contributed by atoms with Gasteiger partial charge in [0.1, 0.15) is 29.3 Å². The van der Waals surface area contributed by atoms with Crippen LogP contribution in [0, 0.1) is 17.1 Å². The number of anilines is 3. The van der Waals surface area contributed by atoms with Crippen molar-refractivity contribution in [2.45, 2.75) is 12.7 Å². The van der Waals surface area contributed by atoms with E-state index in [1.807, 2.05) is 6.07 Å². The van der Waals surface area contributed by atoms with E-state index in [0.717, 1.165) is 6.07 Å². The topological polar surface area (TPSA) is 91.5 Å². The maximum Gasteiger partial charge on any atom is 0.421 e. The van der Waals surface area contributed by atoms with Crippen molar-refractivity contribution in [1.82, 2.24) is 19.7 Å². The van der Waals surface area contributed by atoms with E-state index in [2.05, 4.69) is 25.7 Å². The van der Waals surface area contributed by atoms with Crippen LogP contribution in [-0.4, -0.2) is 26.8 Å². The van der Waals surface area contributed by atoms with Crippen LogP contribution < -0.4 is 10.6 Å². The molecule has 26 heavy (non-hydrogen) atoms. The Morgan fingerprint density at radius 3 is 2.69 bits per heavy atom. The van der Waals surface area contributed by atoms with E-state index in [0.29, 0.717) is 17.3 Å². The number of hydrogen-bond acceptors (Lipinski definition) is 6. The third kappa shape index (κ3) is 3.08. The summed E-state index contributed by atoms with van der Waals surface area (Å²) in [6, 6.07) is 4.41. The van der Waals surface area contributed by atoms with E-state index < -0.39 is 23.4 Å². The molecular weight excluding hydrogens is 354 g/mol. The van der Waals surface area contributed by atoms with E-state index in [-0.39, 0.29) is 18.0 Å². The lowest BCUT2D eigenvalue weighted by molar-refractivity contribution is -0.137. The standard InChI is InChI=1S/C15H11F4N7/c1-21-13-9(15(17,18)19)7-22-14(25-13)24-11-3-2-10(16)12-8(11)6-23-26(12)5-4-20/h2-3,6-7H,5H2,1H3,(H2,21,22,24,25). The second kappa shape index (κ2) is 6.47. The highest BCUT2D eigenvalue weighted by Gasteiger charge is 2.35. The fourth-order valence-corrected chi connectivity index (χ4v) is 2.42. The quantitative estimate of drug-likeness (QED) is 0.690. The normalized spacial score (nSPS) is 11.4. The van der Waals surface area contributed by atoms with Gasteiger partial charge in [-0.1, -0.05) is 0 Å². The van der Waals surface area contributed by atoms with Crippen molar-refractivity contribution < 1.29 is 17.6 Å². The van der Waals surface area contributed by atoms with Crippen molar-refractivity contribution in [3.63, 3.8) is 0 Å². The lowest BCUT2D eigenvalue weighted by atomic mass is 10.2. The van der Waals surface area contributed by atoms with Crippen molar-refractivity contribution in [3.05, 3.63) is 35.9 Å². The minimum atomic E-state index is -4.60. The molecule has 3 aromatic rings. The molecule has 7 nitrogen and oxygen atoms in total. The van der Waals surface area contributed by atoms with Gasteiger partial charge in [0.05, 0.1) is 18.0 Å². The maximum absolute atomic E-state index is 14.1. The number of alkyl halides is 3. The van der Waals surface area contributed by atoms with Crippen LogP contribution in [0.5, 0.6) is 0 Å². The highest BCUT2D eigenvalue weighted by Crippen LogP contribution is 2.34. The van der Waals surface area contributed by atoms with Gasteiger partial charge in [-0.15, -0.1) is 0 Å². The van der Waals surface area contributed by atoms with Crippen molar-refractivity contribution >= 4 is 28.4 Å². The summed E-state index contributed by atoms with van der Waals surface area (Å²) in [6.45, 7) is -0.148. The summed E-state index contributed by atoms with van der Waals surface area (Å²) in [5.74, 6) is -1.08. The molecule has 134 valence electrons. The molecule has 0 fully saturated rings. The SMILES string of the molecule is CNc1nc(Nc2ccc(F)c3c2cnn3CC#N)ncc1C(F)(F)F. The monoisotopic (exact) mass is 365 g/mol. The first-order chi connectivity index (χ1) is 12.3. The number of hydrogen-bond donors (Lipinski definition) is 2. The molecule has 11 heteroatoms. The van der Waals surface area contributed by atoms with Crippen LogP contribution in [0.3, 0.4) is 0 Å². The number of nitrogens with one attached hydrogen (secondary N) is 2. The van der Waals surface area contributed by atoms with Gasteiger partial charge in [0.15, 0.2) is 0 Å². The Morgan fingerprint density at radius 1 is 1.27 bits per heavy atom. The number of aromatic nitrogens is 4. The van der Waals surface area contributed by atoms with E-state index in [1.165, 1.54) is 24.0 Å². The largest absolute Gasteiger partial charge is 0.421 e. The first-order valence-electron chi connectivity index (χ1n) is 7.25. The van der Waals surface area contributed by atoms with Crippen molar-refractivity contribution in [2.75, 3.05) is 17.7 Å². The highest BCUT2D eigenvalue weighted by atomic mass is 19.4. The Morgan fingerprint density at radius 2 is 2.04 bits per heavy atom. The summed E-state index contributed by atoms with van der Waals surface area (Å²) < 4.78 is 54.0.